The number of primary amides is 1. The van der Waals surface area contributed by atoms with Crippen LogP contribution in [0.1, 0.15) is 23.8 Å². The third-order valence-corrected chi connectivity index (χ3v) is 5.61. The lowest BCUT2D eigenvalue weighted by Gasteiger charge is -2.27. The second kappa shape index (κ2) is 10.6. The highest BCUT2D eigenvalue weighted by molar-refractivity contribution is 5.91. The summed E-state index contributed by atoms with van der Waals surface area (Å²) in [7, 11) is 0. The van der Waals surface area contributed by atoms with Crippen LogP contribution >= 0.6 is 0 Å². The first-order valence-electron chi connectivity index (χ1n) is 11.3. The predicted molar refractivity (Wildman–Crippen MR) is 133 cm³/mol. The zero-order valence-electron chi connectivity index (χ0n) is 19.1. The number of benzene rings is 1. The number of nitrogens with one attached hydrogen (secondary N) is 1. The normalized spacial score (nSPS) is 10.9. The Kier molecular flexibility index (Phi) is 7.17. The quantitative estimate of drug-likeness (QED) is 0.381. The van der Waals surface area contributed by atoms with E-state index in [0.717, 1.165) is 40.8 Å². The number of carbonyl (C=O) groups excluding carboxylic acids is 2. The lowest BCUT2D eigenvalue weighted by molar-refractivity contribution is -0.121. The molecular weight excluding hydrogens is 428 g/mol. The van der Waals surface area contributed by atoms with E-state index in [9.17, 15) is 9.59 Å². The molecule has 8 nitrogen and oxygen atoms in total. The molecule has 4 aromatic rings. The molecule has 0 aliphatic rings. The molecule has 4 rings (SSSR count). The first-order valence-corrected chi connectivity index (χ1v) is 11.3. The van der Waals surface area contributed by atoms with Crippen molar-refractivity contribution >= 4 is 28.5 Å². The molecule has 0 radical (unpaired) electrons. The van der Waals surface area contributed by atoms with Gasteiger partial charge in [-0.05, 0) is 36.8 Å². The molecule has 3 heterocycles. The van der Waals surface area contributed by atoms with E-state index in [4.69, 9.17) is 5.73 Å². The summed E-state index contributed by atoms with van der Waals surface area (Å²) in [5.74, 6) is -0.606. The standard InChI is InChI=1S/C26H28N6O2/c1-2-14-31(16-13-28-24(33)18-32-15-11-19-6-5-12-29-26(19)32)23-8-4-3-7-21(23)20-9-10-22(25(27)34)30-17-20/h3-12,15,17H,2,13-14,16,18H2,1H3,(H2,27,34)(H,28,33). The topological polar surface area (TPSA) is 106 Å². The van der Waals surface area contributed by atoms with Gasteiger partial charge in [-0.1, -0.05) is 31.2 Å². The number of fused-ring (bicyclic) bond motifs is 1. The van der Waals surface area contributed by atoms with Crippen molar-refractivity contribution in [2.75, 3.05) is 24.5 Å². The highest BCUT2D eigenvalue weighted by atomic mass is 16.2. The van der Waals surface area contributed by atoms with Gasteiger partial charge in [0.2, 0.25) is 5.91 Å². The van der Waals surface area contributed by atoms with Crippen LogP contribution in [-0.4, -0.2) is 46.0 Å². The van der Waals surface area contributed by atoms with Crippen LogP contribution in [0.4, 0.5) is 5.69 Å². The maximum Gasteiger partial charge on any atom is 0.267 e. The number of anilines is 1. The molecule has 0 saturated heterocycles. The van der Waals surface area contributed by atoms with Crippen molar-refractivity contribution in [2.45, 2.75) is 19.9 Å². The van der Waals surface area contributed by atoms with Gasteiger partial charge in [-0.3, -0.25) is 14.6 Å². The summed E-state index contributed by atoms with van der Waals surface area (Å²) in [4.78, 5) is 34.7. The molecule has 0 fully saturated rings. The smallest absolute Gasteiger partial charge is 0.267 e. The van der Waals surface area contributed by atoms with E-state index in [-0.39, 0.29) is 18.1 Å². The molecule has 0 aliphatic heterocycles. The summed E-state index contributed by atoms with van der Waals surface area (Å²) < 4.78 is 1.85. The van der Waals surface area contributed by atoms with Crippen molar-refractivity contribution in [3.63, 3.8) is 0 Å². The summed E-state index contributed by atoms with van der Waals surface area (Å²) in [6, 6.07) is 17.4. The Hall–Kier alpha value is -4.20. The lowest BCUT2D eigenvalue weighted by Crippen LogP contribution is -2.37. The number of aromatic nitrogens is 3. The van der Waals surface area contributed by atoms with Crippen LogP contribution in [0.5, 0.6) is 0 Å². The van der Waals surface area contributed by atoms with Crippen molar-refractivity contribution in [3.05, 3.63) is 78.9 Å². The Morgan fingerprint density at radius 1 is 1.03 bits per heavy atom. The average Bonchev–Trinajstić information content (AvgIpc) is 3.26. The van der Waals surface area contributed by atoms with Crippen molar-refractivity contribution in [1.29, 1.82) is 0 Å². The third kappa shape index (κ3) is 5.23. The summed E-state index contributed by atoms with van der Waals surface area (Å²) in [5, 5.41) is 4.04. The SMILES string of the molecule is CCCN(CCNC(=O)Cn1ccc2cccnc21)c1ccccc1-c1ccc(C(N)=O)nc1. The van der Waals surface area contributed by atoms with E-state index >= 15 is 0 Å². The van der Waals surface area contributed by atoms with Gasteiger partial charge in [-0.2, -0.15) is 0 Å². The van der Waals surface area contributed by atoms with Crippen molar-refractivity contribution in [2.24, 2.45) is 5.73 Å². The number of nitrogens with zero attached hydrogens (tertiary/aromatic N) is 4. The lowest BCUT2D eigenvalue weighted by atomic mass is 10.0. The van der Waals surface area contributed by atoms with Crippen LogP contribution < -0.4 is 16.0 Å². The first kappa shape index (κ1) is 23.0. The van der Waals surface area contributed by atoms with Crippen molar-refractivity contribution < 1.29 is 9.59 Å². The van der Waals surface area contributed by atoms with Crippen molar-refractivity contribution in [1.82, 2.24) is 19.9 Å². The number of carbonyl (C=O) groups is 2. The molecule has 2 amide bonds. The molecule has 0 aliphatic carbocycles. The molecule has 1 aromatic carbocycles. The van der Waals surface area contributed by atoms with Gasteiger partial charge in [-0.15, -0.1) is 0 Å². The molecule has 174 valence electrons. The molecule has 0 saturated carbocycles. The van der Waals surface area contributed by atoms with E-state index in [1.807, 2.05) is 53.2 Å². The Morgan fingerprint density at radius 3 is 2.65 bits per heavy atom. The van der Waals surface area contributed by atoms with Gasteiger partial charge in [0.05, 0.1) is 0 Å². The average molecular weight is 457 g/mol. The Balaban J connectivity index is 1.43. The molecule has 0 unspecified atom stereocenters. The number of amides is 2. The Bertz CT molecular complexity index is 1280. The minimum Gasteiger partial charge on any atom is -0.369 e. The monoisotopic (exact) mass is 456 g/mol. The van der Waals surface area contributed by atoms with Crippen LogP contribution in [0.3, 0.4) is 0 Å². The van der Waals surface area contributed by atoms with E-state index in [0.29, 0.717) is 13.1 Å². The van der Waals surface area contributed by atoms with Crippen LogP contribution in [0.15, 0.2) is 73.2 Å². The molecule has 3 N–H and O–H groups in total. The van der Waals surface area contributed by atoms with Crippen LogP contribution in [0.2, 0.25) is 0 Å². The minimum atomic E-state index is -0.549. The molecule has 34 heavy (non-hydrogen) atoms. The zero-order chi connectivity index (χ0) is 23.9. The Labute approximate surface area is 198 Å². The molecule has 8 heteroatoms. The largest absolute Gasteiger partial charge is 0.369 e. The van der Waals surface area contributed by atoms with E-state index in [1.165, 1.54) is 0 Å². The van der Waals surface area contributed by atoms with E-state index < -0.39 is 5.91 Å². The van der Waals surface area contributed by atoms with Gasteiger partial charge < -0.3 is 20.5 Å². The number of para-hydroxylation sites is 1. The molecule has 3 aromatic heterocycles. The van der Waals surface area contributed by atoms with Crippen LogP contribution in [-0.2, 0) is 11.3 Å². The second-order valence-corrected chi connectivity index (χ2v) is 8.01. The number of hydrogen-bond acceptors (Lipinski definition) is 5. The number of rotatable bonds is 10. The van der Waals surface area contributed by atoms with Gasteiger partial charge in [0.1, 0.15) is 17.9 Å². The molecule has 0 spiro atoms. The fraction of sp³-hybridized carbons (Fsp3) is 0.231. The summed E-state index contributed by atoms with van der Waals surface area (Å²) in [6.45, 7) is 4.36. The van der Waals surface area contributed by atoms with E-state index in [1.54, 1.807) is 18.5 Å². The Morgan fingerprint density at radius 2 is 1.88 bits per heavy atom. The van der Waals surface area contributed by atoms with Gasteiger partial charge in [-0.25, -0.2) is 4.98 Å². The van der Waals surface area contributed by atoms with Crippen LogP contribution in [0.25, 0.3) is 22.2 Å². The fourth-order valence-corrected chi connectivity index (χ4v) is 4.00. The summed E-state index contributed by atoms with van der Waals surface area (Å²) >= 11 is 0. The van der Waals surface area contributed by atoms with Gasteiger partial charge in [0.15, 0.2) is 0 Å². The predicted octanol–water partition coefficient (Wildman–Crippen LogP) is 3.23. The van der Waals surface area contributed by atoms with Gasteiger partial charge in [0, 0.05) is 60.4 Å². The van der Waals surface area contributed by atoms with E-state index in [2.05, 4.69) is 33.2 Å². The summed E-state index contributed by atoms with van der Waals surface area (Å²) in [6.07, 6.45) is 6.24. The molecule has 0 atom stereocenters. The zero-order valence-corrected chi connectivity index (χ0v) is 19.1. The van der Waals surface area contributed by atoms with Crippen LogP contribution in [0, 0.1) is 0 Å². The second-order valence-electron chi connectivity index (χ2n) is 8.01. The van der Waals surface area contributed by atoms with Gasteiger partial charge >= 0.3 is 0 Å². The maximum absolute atomic E-state index is 12.6. The fourth-order valence-electron chi connectivity index (χ4n) is 4.00. The third-order valence-electron chi connectivity index (χ3n) is 5.61. The highest BCUT2D eigenvalue weighted by Gasteiger charge is 2.14. The highest BCUT2D eigenvalue weighted by Crippen LogP contribution is 2.30. The maximum atomic E-state index is 12.6. The minimum absolute atomic E-state index is 0.0564. The molecular formula is C26H28N6O2. The molecule has 0 bridgehead atoms. The number of nitrogens with two attached hydrogens (primary N) is 1. The summed E-state index contributed by atoms with van der Waals surface area (Å²) in [5.41, 5.74) is 9.32. The number of pyridine rings is 2. The first-order chi connectivity index (χ1) is 16.6. The number of hydrogen-bond donors (Lipinski definition) is 2. The van der Waals surface area contributed by atoms with Gasteiger partial charge in [0.25, 0.3) is 5.91 Å². The van der Waals surface area contributed by atoms with Crippen molar-refractivity contribution in [3.8, 4) is 11.1 Å².